The van der Waals surface area contributed by atoms with Crippen LogP contribution in [0, 0.1) is 0 Å². The summed E-state index contributed by atoms with van der Waals surface area (Å²) in [5.41, 5.74) is 0.401. The number of benzene rings is 1. The summed E-state index contributed by atoms with van der Waals surface area (Å²) in [6.07, 6.45) is -3.18. The lowest BCUT2D eigenvalue weighted by molar-refractivity contribution is -0.265. The van der Waals surface area contributed by atoms with Crippen LogP contribution in [0.25, 0.3) is 10.9 Å². The van der Waals surface area contributed by atoms with Crippen molar-refractivity contribution in [2.75, 3.05) is 20.3 Å². The number of nitrogens with zero attached hydrogens (tertiary/aromatic N) is 3. The van der Waals surface area contributed by atoms with E-state index in [1.54, 1.807) is 17.8 Å². The van der Waals surface area contributed by atoms with Crippen molar-refractivity contribution in [1.82, 2.24) is 20.1 Å². The van der Waals surface area contributed by atoms with Crippen molar-refractivity contribution >= 4 is 22.7 Å². The molecule has 44 heavy (non-hydrogen) atoms. The molecule has 0 aliphatic heterocycles. The van der Waals surface area contributed by atoms with Crippen LogP contribution < -0.4 is 20.5 Å². The molecule has 2 aliphatic carbocycles. The number of rotatable bonds is 10. The molecule has 15 heteroatoms. The van der Waals surface area contributed by atoms with E-state index in [1.807, 2.05) is 0 Å². The van der Waals surface area contributed by atoms with Crippen LogP contribution in [0.15, 0.2) is 24.4 Å². The maximum absolute atomic E-state index is 14.6. The number of aromatic nitrogens is 3. The summed E-state index contributed by atoms with van der Waals surface area (Å²) in [4.78, 5) is 29.6. The molecule has 3 aromatic rings. The van der Waals surface area contributed by atoms with E-state index in [2.05, 4.69) is 15.4 Å². The van der Waals surface area contributed by atoms with Gasteiger partial charge in [-0.25, -0.2) is 8.78 Å². The van der Waals surface area contributed by atoms with Crippen molar-refractivity contribution in [2.45, 2.75) is 75.1 Å². The highest BCUT2D eigenvalue weighted by Gasteiger charge is 2.57. The minimum absolute atomic E-state index is 0.0237. The Morgan fingerprint density at radius 3 is 2.41 bits per heavy atom. The Labute approximate surface area is 248 Å². The number of carbonyl (C=O) groups excluding carboxylic acids is 2. The average molecular weight is 626 g/mol. The van der Waals surface area contributed by atoms with E-state index in [-0.39, 0.29) is 48.2 Å². The summed E-state index contributed by atoms with van der Waals surface area (Å²) in [7, 11) is 1.37. The van der Waals surface area contributed by atoms with E-state index < -0.39 is 66.1 Å². The summed E-state index contributed by atoms with van der Waals surface area (Å²) < 4.78 is 84.2. The summed E-state index contributed by atoms with van der Waals surface area (Å²) >= 11 is 0. The number of pyridine rings is 1. The van der Waals surface area contributed by atoms with Gasteiger partial charge >= 0.3 is 6.18 Å². The molecule has 1 atom stereocenters. The van der Waals surface area contributed by atoms with Crippen LogP contribution in [0.3, 0.4) is 0 Å². The van der Waals surface area contributed by atoms with Crippen LogP contribution in [-0.2, 0) is 5.60 Å². The van der Waals surface area contributed by atoms with Gasteiger partial charge in [0.15, 0.2) is 5.75 Å². The number of hydrogen-bond acceptors (Lipinski definition) is 7. The molecule has 0 spiro atoms. The topological polar surface area (TPSA) is 142 Å². The molecule has 2 aliphatic rings. The zero-order valence-corrected chi connectivity index (χ0v) is 24.0. The Morgan fingerprint density at radius 1 is 1.16 bits per heavy atom. The predicted molar refractivity (Wildman–Crippen MR) is 147 cm³/mol. The van der Waals surface area contributed by atoms with Gasteiger partial charge in [0.05, 0.1) is 43.3 Å². The first-order valence-electron chi connectivity index (χ1n) is 14.2. The lowest BCUT2D eigenvalue weighted by atomic mass is 9.83. The SMILES string of the molecule is CCOc1c(C(N)=O)cc([C@@](O)(CNC(=O)c2cc(OC)c3nn(C4CC4)cc3c2)C(F)(F)F)nc1C1CCC(F)(F)CC1. The van der Waals surface area contributed by atoms with Gasteiger partial charge in [-0.2, -0.15) is 18.3 Å². The Bertz CT molecular complexity index is 1580. The number of hydrogen-bond donors (Lipinski definition) is 3. The summed E-state index contributed by atoms with van der Waals surface area (Å²) in [5.74, 6) is -5.86. The minimum atomic E-state index is -5.40. The van der Waals surface area contributed by atoms with Crippen LogP contribution in [0.4, 0.5) is 22.0 Å². The van der Waals surface area contributed by atoms with E-state index in [0.717, 1.165) is 12.8 Å². The van der Waals surface area contributed by atoms with Crippen LogP contribution in [0.1, 0.15) is 89.5 Å². The normalized spacial score (nSPS) is 18.5. The number of amides is 2. The number of fused-ring (bicyclic) bond motifs is 1. The molecule has 2 saturated carbocycles. The number of aliphatic hydroxyl groups is 1. The van der Waals surface area contributed by atoms with Crippen molar-refractivity contribution in [3.63, 3.8) is 0 Å². The van der Waals surface area contributed by atoms with Gasteiger partial charge in [0, 0.05) is 35.9 Å². The van der Waals surface area contributed by atoms with Gasteiger partial charge in [-0.05, 0) is 50.8 Å². The van der Waals surface area contributed by atoms with Crippen LogP contribution in [0.5, 0.6) is 11.5 Å². The van der Waals surface area contributed by atoms with Gasteiger partial charge in [-0.1, -0.05) is 0 Å². The van der Waals surface area contributed by atoms with Crippen molar-refractivity contribution in [1.29, 1.82) is 0 Å². The molecule has 5 rings (SSSR count). The van der Waals surface area contributed by atoms with Gasteiger partial charge in [0.2, 0.25) is 11.5 Å². The van der Waals surface area contributed by atoms with Gasteiger partial charge in [0.25, 0.3) is 11.8 Å². The number of ether oxygens (including phenoxy) is 2. The molecule has 0 unspecified atom stereocenters. The fourth-order valence-electron chi connectivity index (χ4n) is 5.42. The Hall–Kier alpha value is -4.01. The monoisotopic (exact) mass is 625 g/mol. The number of nitrogens with two attached hydrogens (primary N) is 1. The Kier molecular flexibility index (Phi) is 8.20. The first-order valence-corrected chi connectivity index (χ1v) is 14.2. The molecule has 2 fully saturated rings. The molecule has 1 aromatic carbocycles. The van der Waals surface area contributed by atoms with Gasteiger partial charge in [-0.3, -0.25) is 19.3 Å². The molecule has 10 nitrogen and oxygen atoms in total. The van der Waals surface area contributed by atoms with Gasteiger partial charge in [0.1, 0.15) is 11.3 Å². The summed E-state index contributed by atoms with van der Waals surface area (Å²) in [6, 6.07) is 3.66. The van der Waals surface area contributed by atoms with Gasteiger partial charge in [-0.15, -0.1) is 0 Å². The zero-order chi connectivity index (χ0) is 32.0. The van der Waals surface area contributed by atoms with E-state index >= 15 is 0 Å². The fourth-order valence-corrected chi connectivity index (χ4v) is 5.42. The standard InChI is InChI=1S/C29H32F5N5O5/c1-3-44-24-19(25(35)40)12-21(37-23(24)15-6-8-27(30,31)9-7-15)28(42,29(32,33)34)14-36-26(41)16-10-17-13-39(18-4-5-18)38-22(17)20(11-16)43-2/h10-13,15,18,42H,3-9,14H2,1-2H3,(H2,35,40)(H,36,41)/t28-/m0/s1. The summed E-state index contributed by atoms with van der Waals surface area (Å²) in [5, 5.41) is 18.3. The third-order valence-corrected chi connectivity index (χ3v) is 8.05. The smallest absolute Gasteiger partial charge is 0.424 e. The van der Waals surface area contributed by atoms with Crippen LogP contribution >= 0.6 is 0 Å². The molecule has 0 bridgehead atoms. The second-order valence-electron chi connectivity index (χ2n) is 11.2. The Balaban J connectivity index is 1.50. The average Bonchev–Trinajstić information content (AvgIpc) is 3.73. The second kappa shape index (κ2) is 11.5. The number of primary amides is 1. The minimum Gasteiger partial charge on any atom is -0.494 e. The lowest BCUT2D eigenvalue weighted by Gasteiger charge is -2.33. The first kappa shape index (κ1) is 31.4. The molecule has 2 heterocycles. The quantitative estimate of drug-likeness (QED) is 0.276. The first-order chi connectivity index (χ1) is 20.7. The third kappa shape index (κ3) is 6.01. The van der Waals surface area contributed by atoms with E-state index in [9.17, 15) is 36.6 Å². The van der Waals surface area contributed by atoms with E-state index in [0.29, 0.717) is 17.0 Å². The highest BCUT2D eigenvalue weighted by atomic mass is 19.4. The van der Waals surface area contributed by atoms with Crippen molar-refractivity contribution in [2.24, 2.45) is 5.73 Å². The molecule has 2 aromatic heterocycles. The van der Waals surface area contributed by atoms with E-state index in [1.165, 1.54) is 19.2 Å². The molecule has 0 saturated heterocycles. The zero-order valence-electron chi connectivity index (χ0n) is 24.0. The van der Waals surface area contributed by atoms with Crippen LogP contribution in [-0.4, -0.2) is 64.0 Å². The maximum Gasteiger partial charge on any atom is 0.424 e. The maximum atomic E-state index is 14.6. The van der Waals surface area contributed by atoms with Crippen molar-refractivity contribution in [3.8, 4) is 11.5 Å². The molecular weight excluding hydrogens is 593 g/mol. The second-order valence-corrected chi connectivity index (χ2v) is 11.2. The number of nitrogens with one attached hydrogen (secondary N) is 1. The predicted octanol–water partition coefficient (Wildman–Crippen LogP) is 4.75. The third-order valence-electron chi connectivity index (χ3n) is 8.05. The molecule has 238 valence electrons. The highest BCUT2D eigenvalue weighted by Crippen LogP contribution is 2.46. The largest absolute Gasteiger partial charge is 0.494 e. The Morgan fingerprint density at radius 2 is 1.84 bits per heavy atom. The molecule has 4 N–H and O–H groups in total. The molecular formula is C29H32F5N5O5. The molecule has 2 amide bonds. The highest BCUT2D eigenvalue weighted by molar-refractivity contribution is 6.00. The molecule has 0 radical (unpaired) electrons. The van der Waals surface area contributed by atoms with Crippen molar-refractivity contribution < 1.29 is 46.1 Å². The fraction of sp³-hybridized carbons (Fsp3) is 0.517. The number of carbonyl (C=O) groups is 2. The number of methoxy groups -OCH3 is 1. The number of alkyl halides is 5. The number of halogens is 5. The van der Waals surface area contributed by atoms with Crippen molar-refractivity contribution in [3.05, 3.63) is 46.9 Å². The van der Waals surface area contributed by atoms with Crippen LogP contribution in [0.2, 0.25) is 0 Å². The van der Waals surface area contributed by atoms with E-state index in [4.69, 9.17) is 15.2 Å². The lowest BCUT2D eigenvalue weighted by Crippen LogP contribution is -2.51. The van der Waals surface area contributed by atoms with Gasteiger partial charge < -0.3 is 25.6 Å². The summed E-state index contributed by atoms with van der Waals surface area (Å²) in [6.45, 7) is 0.144.